The van der Waals surface area contributed by atoms with Crippen molar-refractivity contribution in [3.05, 3.63) is 41.6 Å². The molecule has 5 rings (SSSR count). The van der Waals surface area contributed by atoms with Gasteiger partial charge in [0.05, 0.1) is 13.2 Å². The minimum absolute atomic E-state index is 0.0715. The molecule has 4 aliphatic rings. The summed E-state index contributed by atoms with van der Waals surface area (Å²) in [5.41, 5.74) is 2.35. The number of likely N-dealkylation sites (N-methyl/N-ethyl adjacent to an activating group) is 1. The third-order valence-corrected chi connectivity index (χ3v) is 7.39. The van der Waals surface area contributed by atoms with E-state index in [1.54, 1.807) is 4.90 Å². The number of allylic oxidation sites excluding steroid dienone is 1. The molecule has 1 aromatic carbocycles. The van der Waals surface area contributed by atoms with Crippen LogP contribution in [0.3, 0.4) is 0 Å². The van der Waals surface area contributed by atoms with Gasteiger partial charge in [0.25, 0.3) is 5.91 Å². The molecular formula is C25H33N3O4. The summed E-state index contributed by atoms with van der Waals surface area (Å²) < 4.78 is 11.8. The molecule has 2 saturated heterocycles. The summed E-state index contributed by atoms with van der Waals surface area (Å²) in [6.45, 7) is 10.3. The highest BCUT2D eigenvalue weighted by molar-refractivity contribution is 6.01. The topological polar surface area (TPSA) is 71.1 Å². The lowest BCUT2D eigenvalue weighted by atomic mass is 10.0. The zero-order valence-electron chi connectivity index (χ0n) is 18.8. The van der Waals surface area contributed by atoms with Crippen molar-refractivity contribution in [2.75, 3.05) is 26.3 Å². The predicted molar refractivity (Wildman–Crippen MR) is 120 cm³/mol. The van der Waals surface area contributed by atoms with E-state index in [2.05, 4.69) is 23.7 Å². The quantitative estimate of drug-likeness (QED) is 0.707. The van der Waals surface area contributed by atoms with E-state index < -0.39 is 6.04 Å². The van der Waals surface area contributed by atoms with Gasteiger partial charge in [-0.05, 0) is 62.4 Å². The van der Waals surface area contributed by atoms with Crippen LogP contribution in [0.2, 0.25) is 0 Å². The maximum absolute atomic E-state index is 13.0. The molecule has 1 unspecified atom stereocenters. The number of carbonyl (C=O) groups is 2. The van der Waals surface area contributed by atoms with Gasteiger partial charge in [0.1, 0.15) is 17.9 Å². The first-order valence-electron chi connectivity index (χ1n) is 11.9. The Bertz CT molecular complexity index is 912. The number of hydrogen-bond donors (Lipinski definition) is 1. The Kier molecular flexibility index (Phi) is 5.95. The fourth-order valence-corrected chi connectivity index (χ4v) is 5.56. The van der Waals surface area contributed by atoms with E-state index in [4.69, 9.17) is 9.47 Å². The molecule has 3 atom stereocenters. The minimum atomic E-state index is -0.433. The second-order valence-corrected chi connectivity index (χ2v) is 9.54. The van der Waals surface area contributed by atoms with E-state index in [9.17, 15) is 9.59 Å². The molecule has 0 aromatic heterocycles. The van der Waals surface area contributed by atoms with Crippen molar-refractivity contribution >= 4 is 11.8 Å². The van der Waals surface area contributed by atoms with Crippen molar-refractivity contribution in [2.45, 2.75) is 63.8 Å². The number of benzene rings is 1. The first-order valence-corrected chi connectivity index (χ1v) is 11.9. The number of amides is 2. The number of carbonyl (C=O) groups excluding carboxylic acids is 2. The lowest BCUT2D eigenvalue weighted by Crippen LogP contribution is -2.49. The Morgan fingerprint density at radius 3 is 2.81 bits per heavy atom. The highest BCUT2D eigenvalue weighted by atomic mass is 16.5. The van der Waals surface area contributed by atoms with Crippen molar-refractivity contribution < 1.29 is 19.1 Å². The van der Waals surface area contributed by atoms with Crippen molar-refractivity contribution in [1.29, 1.82) is 0 Å². The van der Waals surface area contributed by atoms with Crippen molar-refractivity contribution in [1.82, 2.24) is 15.1 Å². The smallest absolute Gasteiger partial charge is 0.255 e. The Hall–Kier alpha value is -2.38. The lowest BCUT2D eigenvalue weighted by Gasteiger charge is -2.37. The van der Waals surface area contributed by atoms with E-state index >= 15 is 0 Å². The average Bonchev–Trinajstić information content (AvgIpc) is 3.32. The van der Waals surface area contributed by atoms with Crippen LogP contribution in [0, 0.1) is 5.92 Å². The fraction of sp³-hybridized carbons (Fsp3) is 0.600. The Morgan fingerprint density at radius 1 is 1.25 bits per heavy atom. The molecule has 1 N–H and O–H groups in total. The second-order valence-electron chi connectivity index (χ2n) is 9.54. The van der Waals surface area contributed by atoms with Gasteiger partial charge in [-0.1, -0.05) is 13.5 Å². The Labute approximate surface area is 189 Å². The van der Waals surface area contributed by atoms with E-state index in [0.29, 0.717) is 36.9 Å². The molecule has 3 fully saturated rings. The van der Waals surface area contributed by atoms with Crippen LogP contribution in [0.25, 0.3) is 0 Å². The second kappa shape index (κ2) is 8.87. The van der Waals surface area contributed by atoms with Crippen LogP contribution in [-0.2, 0) is 16.1 Å². The monoisotopic (exact) mass is 439 g/mol. The summed E-state index contributed by atoms with van der Waals surface area (Å²) in [7, 11) is 0. The van der Waals surface area contributed by atoms with Crippen LogP contribution < -0.4 is 10.1 Å². The Morgan fingerprint density at radius 2 is 2.09 bits per heavy atom. The van der Waals surface area contributed by atoms with Gasteiger partial charge in [0, 0.05) is 36.3 Å². The van der Waals surface area contributed by atoms with Crippen molar-refractivity contribution in [2.24, 2.45) is 5.92 Å². The molecule has 3 heterocycles. The number of hydrogen-bond acceptors (Lipinski definition) is 5. The van der Waals surface area contributed by atoms with E-state index in [1.807, 2.05) is 18.2 Å². The highest BCUT2D eigenvalue weighted by Gasteiger charge is 2.39. The molecular weight excluding hydrogens is 406 g/mol. The van der Waals surface area contributed by atoms with Crippen LogP contribution in [0.15, 0.2) is 30.5 Å². The molecule has 2 amide bonds. The molecule has 0 spiro atoms. The number of ether oxygens (including phenoxy) is 2. The van der Waals surface area contributed by atoms with Gasteiger partial charge in [0.15, 0.2) is 0 Å². The molecule has 0 bridgehead atoms. The number of nitrogens with zero attached hydrogens (tertiary/aromatic N) is 2. The number of fused-ring (bicyclic) bond motifs is 1. The van der Waals surface area contributed by atoms with E-state index in [1.165, 1.54) is 6.42 Å². The van der Waals surface area contributed by atoms with Crippen LogP contribution >= 0.6 is 0 Å². The molecule has 7 heteroatoms. The zero-order chi connectivity index (χ0) is 22.2. The standard InChI is InChI=1S/C25H33N3O4/c1-3-27(12-17-14-31-15-17)21-5-4-6-23(21)32-19-8-9-20-18(11-19)13-28(25(20)30)22-10-7-16(2)26-24(22)29/h8-9,11,17,21-23H,2-7,10,12-15H2,1H3,(H,26,29)/t21-,22?,23-/m0/s1. The maximum Gasteiger partial charge on any atom is 0.255 e. The maximum atomic E-state index is 13.0. The summed E-state index contributed by atoms with van der Waals surface area (Å²) >= 11 is 0. The SMILES string of the molecule is C=C1CCC(N2Cc3cc(O[C@H]4CCC[C@@H]4N(CC)CC4COC4)ccc3C2=O)C(=O)N1. The van der Waals surface area contributed by atoms with E-state index in [0.717, 1.165) is 56.2 Å². The third-order valence-electron chi connectivity index (χ3n) is 7.39. The summed E-state index contributed by atoms with van der Waals surface area (Å²) in [5, 5.41) is 2.79. The first kappa shape index (κ1) is 21.5. The lowest BCUT2D eigenvalue weighted by molar-refractivity contribution is -0.126. The van der Waals surface area contributed by atoms with Crippen LogP contribution in [-0.4, -0.2) is 66.1 Å². The van der Waals surface area contributed by atoms with E-state index in [-0.39, 0.29) is 17.9 Å². The zero-order valence-corrected chi connectivity index (χ0v) is 18.8. The summed E-state index contributed by atoms with van der Waals surface area (Å²) in [5.74, 6) is 1.25. The fourth-order valence-electron chi connectivity index (χ4n) is 5.56. The van der Waals surface area contributed by atoms with Crippen molar-refractivity contribution in [3.8, 4) is 5.75 Å². The van der Waals surface area contributed by atoms with Gasteiger partial charge in [0.2, 0.25) is 5.91 Å². The van der Waals surface area contributed by atoms with Crippen LogP contribution in [0.1, 0.15) is 54.9 Å². The molecule has 172 valence electrons. The highest BCUT2D eigenvalue weighted by Crippen LogP contribution is 2.34. The van der Waals surface area contributed by atoms with Gasteiger partial charge in [-0.2, -0.15) is 0 Å². The predicted octanol–water partition coefficient (Wildman–Crippen LogP) is 2.70. The average molecular weight is 440 g/mol. The Balaban J connectivity index is 1.26. The minimum Gasteiger partial charge on any atom is -0.489 e. The van der Waals surface area contributed by atoms with Crippen molar-refractivity contribution in [3.63, 3.8) is 0 Å². The normalized spacial score (nSPS) is 28.1. The molecule has 0 radical (unpaired) electrons. The van der Waals surface area contributed by atoms with Gasteiger partial charge < -0.3 is 19.7 Å². The molecule has 1 saturated carbocycles. The molecule has 7 nitrogen and oxygen atoms in total. The van der Waals surface area contributed by atoms with Gasteiger partial charge in [-0.3, -0.25) is 14.5 Å². The molecule has 3 aliphatic heterocycles. The summed E-state index contributed by atoms with van der Waals surface area (Å²) in [6, 6.07) is 5.76. The first-order chi connectivity index (χ1) is 15.5. The molecule has 32 heavy (non-hydrogen) atoms. The third kappa shape index (κ3) is 4.04. The largest absolute Gasteiger partial charge is 0.489 e. The van der Waals surface area contributed by atoms with Gasteiger partial charge in [-0.25, -0.2) is 0 Å². The van der Waals surface area contributed by atoms with Gasteiger partial charge in [-0.15, -0.1) is 0 Å². The number of nitrogens with one attached hydrogen (secondary N) is 1. The molecule has 1 aromatic rings. The van der Waals surface area contributed by atoms with Crippen LogP contribution in [0.4, 0.5) is 0 Å². The molecule has 1 aliphatic carbocycles. The summed E-state index contributed by atoms with van der Waals surface area (Å²) in [4.78, 5) is 29.6. The number of rotatable bonds is 7. The van der Waals surface area contributed by atoms with Gasteiger partial charge >= 0.3 is 0 Å². The van der Waals surface area contributed by atoms with Crippen LogP contribution in [0.5, 0.6) is 5.75 Å². The summed E-state index contributed by atoms with van der Waals surface area (Å²) in [6.07, 6.45) is 4.87. The number of piperidine rings is 1.